The molecule has 5 heterocycles. The van der Waals surface area contributed by atoms with Crippen LogP contribution in [0, 0.1) is 39.4 Å². The second kappa shape index (κ2) is 24.7. The number of carbonyl (C=O) groups excluding carboxylic acids is 2. The molecular weight excluding hydrogens is 1140 g/mol. The first kappa shape index (κ1) is 66.0. The monoisotopic (exact) mass is 1220 g/mol. The standard InChI is InChI=1S/C56H88O27S/c1-24(2)11-10-16-55(8)46-28(74-25(3)60)19-54(7)27-12-13-33-52(4,5)34(15-17-53(33,6)26(27)14-18-56(46,54)51(68)82-55)78-50-45(37(63)32(23-73-50)83-84(69,70)71)81-47-39(65)38(64)42(31(22-59)77-47)79-49-41(67)44(36(62)30(21-58)76-49)80-48-40(66)43(72-9)35(61)29(20-57)75-48/h12,26,28-50,57-59,61-67H,1,10-11,13-23H2,2-9H3,(H,69,70,71). The van der Waals surface area contributed by atoms with Crippen LogP contribution in [0.1, 0.15) is 106 Å². The quantitative estimate of drug-likeness (QED) is 0.0418. The van der Waals surface area contributed by atoms with Gasteiger partial charge in [-0.05, 0) is 94.3 Å². The predicted octanol–water partition coefficient (Wildman–Crippen LogP) is -1.05. The predicted molar refractivity (Wildman–Crippen MR) is 283 cm³/mol. The minimum Gasteiger partial charge on any atom is -0.462 e. The van der Waals surface area contributed by atoms with Crippen molar-refractivity contribution in [3.8, 4) is 0 Å². The summed E-state index contributed by atoms with van der Waals surface area (Å²) in [4.78, 5) is 27.5. The summed E-state index contributed by atoms with van der Waals surface area (Å²) in [7, 11) is -4.05. The van der Waals surface area contributed by atoms with Gasteiger partial charge in [-0.25, -0.2) is 4.18 Å². The van der Waals surface area contributed by atoms with E-state index >= 15 is 0 Å². The normalized spacial score (nSPS) is 49.1. The summed E-state index contributed by atoms with van der Waals surface area (Å²) >= 11 is 0. The molecule has 0 aromatic heterocycles. The van der Waals surface area contributed by atoms with E-state index in [4.69, 9.17) is 56.3 Å². The van der Waals surface area contributed by atoms with E-state index in [0.717, 1.165) is 24.0 Å². The van der Waals surface area contributed by atoms with E-state index in [1.807, 2.05) is 13.8 Å². The second-order valence-electron chi connectivity index (χ2n) is 26.1. The maximum atomic E-state index is 14.7. The van der Waals surface area contributed by atoms with Gasteiger partial charge in [0, 0.05) is 19.4 Å². The number of hydrogen-bond acceptors (Lipinski definition) is 26. The SMILES string of the molecule is C=C(C)CCCC1(C)OC(=O)C23CCC4C(=CCC5C(C)(C)C(OC6OCC(OS(=O)(=O)O)C(O)C6OC6OC(CO)C(OC7OC(CO)C(O)C(OC8OC(CO)C(O)C(OC)C8O)C7O)C(O)C6O)CCC45C)C2(C)CC(OC(C)=O)C13. The number of cyclic esters (lactones) is 1. The first-order valence-electron chi connectivity index (χ1n) is 29.1. The summed E-state index contributed by atoms with van der Waals surface area (Å²) in [5, 5.41) is 110. The molecule has 0 bridgehead atoms. The van der Waals surface area contributed by atoms with Crippen LogP contribution in [-0.4, -0.2) is 244 Å². The molecule has 3 saturated carbocycles. The zero-order chi connectivity index (χ0) is 61.6. The maximum absolute atomic E-state index is 14.7. The van der Waals surface area contributed by atoms with Gasteiger partial charge in [-0.2, -0.15) is 8.42 Å². The Kier molecular flexibility index (Phi) is 19.4. The van der Waals surface area contributed by atoms with E-state index in [0.29, 0.717) is 44.9 Å². The average Bonchev–Trinajstić information content (AvgIpc) is 1.45. The summed E-state index contributed by atoms with van der Waals surface area (Å²) in [6, 6.07) is 0. The highest BCUT2D eigenvalue weighted by molar-refractivity contribution is 7.80. The number of fused-ring (bicyclic) bond motifs is 4. The molecule has 8 fully saturated rings. The zero-order valence-electron chi connectivity index (χ0n) is 48.7. The van der Waals surface area contributed by atoms with Crippen molar-refractivity contribution in [2.75, 3.05) is 33.5 Å². The van der Waals surface area contributed by atoms with Crippen molar-refractivity contribution >= 4 is 22.3 Å². The Morgan fingerprint density at radius 3 is 1.89 bits per heavy atom. The van der Waals surface area contributed by atoms with Crippen molar-refractivity contribution in [2.24, 2.45) is 39.4 Å². The molecule has 0 radical (unpaired) electrons. The molecule has 0 amide bonds. The van der Waals surface area contributed by atoms with Crippen LogP contribution in [0.25, 0.3) is 0 Å². The van der Waals surface area contributed by atoms with Gasteiger partial charge in [0.1, 0.15) is 103 Å². The van der Waals surface area contributed by atoms with Crippen molar-refractivity contribution in [3.05, 3.63) is 23.8 Å². The van der Waals surface area contributed by atoms with Gasteiger partial charge in [0.15, 0.2) is 25.2 Å². The summed E-state index contributed by atoms with van der Waals surface area (Å²) in [6.07, 6.45) is -27.5. The Bertz CT molecular complexity index is 2520. The van der Waals surface area contributed by atoms with E-state index < -0.39 is 194 Å². The van der Waals surface area contributed by atoms with Gasteiger partial charge < -0.3 is 103 Å². The molecule has 5 aliphatic heterocycles. The summed E-state index contributed by atoms with van der Waals surface area (Å²) in [6.45, 7) is 14.6. The van der Waals surface area contributed by atoms with Gasteiger partial charge in [0.2, 0.25) is 0 Å². The zero-order valence-corrected chi connectivity index (χ0v) is 49.5. The van der Waals surface area contributed by atoms with Gasteiger partial charge >= 0.3 is 22.3 Å². The fourth-order valence-corrected chi connectivity index (χ4v) is 17.2. The first-order valence-corrected chi connectivity index (χ1v) is 30.5. The lowest BCUT2D eigenvalue weighted by atomic mass is 9.41. The number of aliphatic hydroxyl groups is 10. The Morgan fingerprint density at radius 1 is 0.714 bits per heavy atom. The number of hydrogen-bond donors (Lipinski definition) is 11. The second-order valence-corrected chi connectivity index (χ2v) is 27.1. The van der Waals surface area contributed by atoms with Crippen LogP contribution in [0.5, 0.6) is 0 Å². The fraction of sp³-hybridized carbons (Fsp3) is 0.893. The molecule has 9 aliphatic rings. The molecule has 84 heavy (non-hydrogen) atoms. The first-order chi connectivity index (χ1) is 39.4. The number of rotatable bonds is 19. The van der Waals surface area contributed by atoms with Crippen LogP contribution in [0.4, 0.5) is 0 Å². The summed E-state index contributed by atoms with van der Waals surface area (Å²) in [5.41, 5.74) is -1.36. The van der Waals surface area contributed by atoms with Crippen LogP contribution < -0.4 is 0 Å². The van der Waals surface area contributed by atoms with Gasteiger partial charge in [-0.1, -0.05) is 44.9 Å². The molecule has 28 unspecified atom stereocenters. The minimum atomic E-state index is -5.22. The highest BCUT2D eigenvalue weighted by Gasteiger charge is 2.79. The highest BCUT2D eigenvalue weighted by Crippen LogP contribution is 2.77. The third-order valence-corrected chi connectivity index (χ3v) is 21.2. The summed E-state index contributed by atoms with van der Waals surface area (Å²) in [5.74, 6) is -1.10. The molecule has 1 spiro atoms. The number of ether oxygens (including phenoxy) is 11. The van der Waals surface area contributed by atoms with Crippen molar-refractivity contribution in [1.29, 1.82) is 0 Å². The number of carbonyl (C=O) groups is 2. The lowest BCUT2D eigenvalue weighted by Crippen LogP contribution is -2.67. The molecule has 5 saturated heterocycles. The molecule has 0 aromatic rings. The lowest BCUT2D eigenvalue weighted by molar-refractivity contribution is -0.391. The van der Waals surface area contributed by atoms with E-state index in [1.165, 1.54) is 14.0 Å². The average molecular weight is 1230 g/mol. The van der Waals surface area contributed by atoms with Crippen LogP contribution in [0.2, 0.25) is 0 Å². The van der Waals surface area contributed by atoms with E-state index in [9.17, 15) is 73.6 Å². The number of methoxy groups -OCH3 is 1. The van der Waals surface area contributed by atoms with E-state index in [1.54, 1.807) is 0 Å². The molecule has 27 nitrogen and oxygen atoms in total. The van der Waals surface area contributed by atoms with E-state index in [-0.39, 0.29) is 29.1 Å². The molecule has 28 heteroatoms. The van der Waals surface area contributed by atoms with Crippen LogP contribution in [-0.2, 0) is 76.3 Å². The Morgan fingerprint density at radius 2 is 1.30 bits per heavy atom. The van der Waals surface area contributed by atoms with Crippen molar-refractivity contribution in [1.82, 2.24) is 0 Å². The van der Waals surface area contributed by atoms with Crippen molar-refractivity contribution in [2.45, 2.75) is 241 Å². The van der Waals surface area contributed by atoms with Gasteiger partial charge in [0.05, 0.1) is 43.9 Å². The number of esters is 2. The topological polar surface area (TPSA) is 402 Å². The number of aliphatic hydroxyl groups excluding tert-OH is 10. The lowest BCUT2D eigenvalue weighted by Gasteiger charge is -2.64. The smallest absolute Gasteiger partial charge is 0.397 e. The molecular formula is C56H88O27S. The third kappa shape index (κ3) is 11.5. The minimum absolute atomic E-state index is 0.00820. The van der Waals surface area contributed by atoms with Crippen molar-refractivity contribution < 1.29 is 130 Å². The summed E-state index contributed by atoms with van der Waals surface area (Å²) < 4.78 is 104. The van der Waals surface area contributed by atoms with Gasteiger partial charge in [-0.15, -0.1) is 6.58 Å². The number of allylic oxidation sites excluding steroid dienone is 3. The van der Waals surface area contributed by atoms with Crippen LogP contribution in [0.15, 0.2) is 23.8 Å². The van der Waals surface area contributed by atoms with Gasteiger partial charge in [-0.3, -0.25) is 14.1 Å². The third-order valence-electron chi connectivity index (χ3n) is 20.7. The Hall–Kier alpha value is -2.47. The van der Waals surface area contributed by atoms with E-state index in [2.05, 4.69) is 40.3 Å². The maximum Gasteiger partial charge on any atom is 0.397 e. The molecule has 28 atom stereocenters. The Labute approximate surface area is 488 Å². The van der Waals surface area contributed by atoms with Crippen LogP contribution in [0.3, 0.4) is 0 Å². The Balaban J connectivity index is 0.926. The van der Waals surface area contributed by atoms with Crippen LogP contribution >= 0.6 is 0 Å². The molecule has 9 rings (SSSR count). The molecule has 0 aromatic carbocycles. The van der Waals surface area contributed by atoms with Gasteiger partial charge in [0.25, 0.3) is 0 Å². The fourth-order valence-electron chi connectivity index (χ4n) is 16.7. The molecule has 11 N–H and O–H groups in total. The van der Waals surface area contributed by atoms with Crippen molar-refractivity contribution in [3.63, 3.8) is 0 Å². The highest BCUT2D eigenvalue weighted by atomic mass is 32.3. The molecule has 480 valence electrons. The largest absolute Gasteiger partial charge is 0.462 e. The molecule has 4 aliphatic carbocycles.